The molecule has 44 heavy (non-hydrogen) atoms. The Hall–Kier alpha value is -5.74. The quantitative estimate of drug-likeness (QED) is 0.200. The lowest BCUT2D eigenvalue weighted by Gasteiger charge is -2.20. The maximum atomic E-state index is 4.96. The Morgan fingerprint density at radius 3 is 1.73 bits per heavy atom. The number of rotatable bonds is 4. The van der Waals surface area contributed by atoms with Crippen LogP contribution in [-0.4, -0.2) is 32.7 Å². The zero-order chi connectivity index (χ0) is 29.0. The van der Waals surface area contributed by atoms with E-state index in [4.69, 9.17) is 9.98 Å². The van der Waals surface area contributed by atoms with Crippen molar-refractivity contribution in [1.82, 2.24) is 14.3 Å². The molecule has 4 heterocycles. The highest BCUT2D eigenvalue weighted by molar-refractivity contribution is 6.21. The molecule has 4 nitrogen and oxygen atoms in total. The van der Waals surface area contributed by atoms with Gasteiger partial charge in [-0.1, -0.05) is 109 Å². The number of hydrogen-bond donors (Lipinski definition) is 0. The van der Waals surface area contributed by atoms with Crippen LogP contribution in [0.4, 0.5) is 0 Å². The van der Waals surface area contributed by atoms with Gasteiger partial charge in [0.2, 0.25) is 0 Å². The summed E-state index contributed by atoms with van der Waals surface area (Å²) in [7, 11) is 0. The van der Waals surface area contributed by atoms with Crippen LogP contribution in [0.2, 0.25) is 0 Å². The van der Waals surface area contributed by atoms with E-state index in [1.165, 1.54) is 49.4 Å². The highest BCUT2D eigenvalue weighted by Crippen LogP contribution is 2.44. The van der Waals surface area contributed by atoms with Crippen LogP contribution in [0.15, 0.2) is 157 Å². The lowest BCUT2D eigenvalue weighted by Crippen LogP contribution is -2.25. The van der Waals surface area contributed by atoms with Gasteiger partial charge < -0.3 is 9.30 Å². The fourth-order valence-electron chi connectivity index (χ4n) is 6.79. The number of imidazole rings is 1. The first kappa shape index (κ1) is 24.8. The Labute approximate surface area is 255 Å². The smallest absolute Gasteiger partial charge is 0.140 e. The van der Waals surface area contributed by atoms with Crippen molar-refractivity contribution in [3.8, 4) is 33.5 Å². The summed E-state index contributed by atoms with van der Waals surface area (Å²) in [5, 5.41) is 5.01. The van der Waals surface area contributed by atoms with Crippen molar-refractivity contribution in [3.05, 3.63) is 158 Å². The number of hydrogen-bond acceptors (Lipinski definition) is 3. The number of fused-ring (bicyclic) bond motifs is 4. The first-order valence-electron chi connectivity index (χ1n) is 15.1. The van der Waals surface area contributed by atoms with Crippen LogP contribution in [-0.2, 0) is 0 Å². The predicted octanol–water partition coefficient (Wildman–Crippen LogP) is 9.16. The highest BCUT2D eigenvalue weighted by Gasteiger charge is 2.24. The number of aliphatic imine (C=N–C) groups is 1. The third-order valence-corrected chi connectivity index (χ3v) is 8.90. The monoisotopic (exact) mass is 564 g/mol. The van der Waals surface area contributed by atoms with E-state index in [9.17, 15) is 0 Å². The van der Waals surface area contributed by atoms with Crippen LogP contribution in [0, 0.1) is 0 Å². The van der Waals surface area contributed by atoms with Gasteiger partial charge in [0.05, 0.1) is 18.0 Å². The van der Waals surface area contributed by atoms with Gasteiger partial charge in [-0.2, -0.15) is 0 Å². The number of aromatic nitrogens is 2. The van der Waals surface area contributed by atoms with E-state index in [-0.39, 0.29) is 6.17 Å². The zero-order valence-corrected chi connectivity index (χ0v) is 24.0. The molecule has 0 saturated carbocycles. The van der Waals surface area contributed by atoms with Crippen molar-refractivity contribution >= 4 is 32.9 Å². The van der Waals surface area contributed by atoms with Crippen LogP contribution in [0.3, 0.4) is 0 Å². The average molecular weight is 565 g/mol. The molecule has 1 atom stereocenters. The number of pyridine rings is 1. The minimum Gasteiger partial charge on any atom is -0.347 e. The lowest BCUT2D eigenvalue weighted by atomic mass is 9.85. The molecule has 0 radical (unpaired) electrons. The maximum absolute atomic E-state index is 4.96. The fourth-order valence-corrected chi connectivity index (χ4v) is 6.79. The van der Waals surface area contributed by atoms with E-state index in [1.807, 2.05) is 24.4 Å². The van der Waals surface area contributed by atoms with Gasteiger partial charge in [-0.15, -0.1) is 0 Å². The van der Waals surface area contributed by atoms with Crippen LogP contribution >= 0.6 is 0 Å². The summed E-state index contributed by atoms with van der Waals surface area (Å²) < 4.78 is 2.07. The molecule has 0 bridgehead atoms. The molecule has 5 aromatic carbocycles. The molecular formula is C40H28N4. The molecule has 9 rings (SSSR count). The van der Waals surface area contributed by atoms with Gasteiger partial charge >= 0.3 is 0 Å². The fraction of sp³-hybridized carbons (Fsp3) is 0.0500. The average Bonchev–Trinajstić information content (AvgIpc) is 3.72. The largest absolute Gasteiger partial charge is 0.347 e. The third-order valence-electron chi connectivity index (χ3n) is 8.90. The van der Waals surface area contributed by atoms with Gasteiger partial charge in [-0.3, -0.25) is 4.99 Å². The zero-order valence-electron chi connectivity index (χ0n) is 24.0. The van der Waals surface area contributed by atoms with Gasteiger partial charge in [0.1, 0.15) is 11.8 Å². The molecule has 4 heteroatoms. The molecule has 208 valence electrons. The van der Waals surface area contributed by atoms with E-state index in [0.717, 1.165) is 29.2 Å². The highest BCUT2D eigenvalue weighted by atomic mass is 15.3. The van der Waals surface area contributed by atoms with Gasteiger partial charge in [-0.05, 0) is 73.6 Å². The van der Waals surface area contributed by atoms with Crippen molar-refractivity contribution in [1.29, 1.82) is 0 Å². The Balaban J connectivity index is 1.15. The Morgan fingerprint density at radius 1 is 0.568 bits per heavy atom. The number of benzene rings is 5. The van der Waals surface area contributed by atoms with Crippen molar-refractivity contribution in [3.63, 3.8) is 0 Å². The first-order valence-corrected chi connectivity index (χ1v) is 15.1. The summed E-state index contributed by atoms with van der Waals surface area (Å²) in [6, 6.07) is 41.6. The standard InChI is InChI=1S/C40H28N4/c1-2-10-32-31(9-1)39(29-19-15-27(16-20-29)35-25-43-23-7-5-13-37(43)41-35)33-11-3-4-12-34(33)40(32)30-21-17-28(18-22-30)36-26-44-24-8-6-14-38(44)42-36/h1-25,38H,26H2. The summed E-state index contributed by atoms with van der Waals surface area (Å²) >= 11 is 0. The predicted molar refractivity (Wildman–Crippen MR) is 182 cm³/mol. The van der Waals surface area contributed by atoms with Crippen LogP contribution in [0.1, 0.15) is 5.56 Å². The SMILES string of the molecule is C1=CC2N=C(c3ccc(-c4c5ccccc5c(-c5ccc(-c6cn7ccccc7n6)cc5)c5ccccc45)cc3)CN2C=C1. The van der Waals surface area contributed by atoms with E-state index < -0.39 is 0 Å². The van der Waals surface area contributed by atoms with Crippen molar-refractivity contribution in [2.24, 2.45) is 4.99 Å². The second kappa shape index (κ2) is 9.92. The Bertz CT molecular complexity index is 2210. The van der Waals surface area contributed by atoms with Crippen LogP contribution < -0.4 is 0 Å². The van der Waals surface area contributed by atoms with Gasteiger partial charge in [0.15, 0.2) is 0 Å². The van der Waals surface area contributed by atoms with Gasteiger partial charge in [0.25, 0.3) is 0 Å². The molecule has 0 saturated heterocycles. The molecule has 0 fully saturated rings. The molecule has 7 aromatic rings. The molecule has 0 amide bonds. The van der Waals surface area contributed by atoms with E-state index in [1.54, 1.807) is 0 Å². The molecular weight excluding hydrogens is 536 g/mol. The minimum atomic E-state index is 0.114. The first-order chi connectivity index (χ1) is 21.8. The van der Waals surface area contributed by atoms with Crippen LogP contribution in [0.5, 0.6) is 0 Å². The maximum Gasteiger partial charge on any atom is 0.140 e. The topological polar surface area (TPSA) is 32.9 Å². The molecule has 2 aliphatic rings. The van der Waals surface area contributed by atoms with E-state index >= 15 is 0 Å². The number of nitrogens with zero attached hydrogens (tertiary/aromatic N) is 4. The minimum absolute atomic E-state index is 0.114. The lowest BCUT2D eigenvalue weighted by molar-refractivity contribution is 0.393. The summed E-state index contributed by atoms with van der Waals surface area (Å²) in [4.78, 5) is 12.1. The summed E-state index contributed by atoms with van der Waals surface area (Å²) in [6.07, 6.45) is 12.7. The summed E-state index contributed by atoms with van der Waals surface area (Å²) in [6.45, 7) is 0.835. The van der Waals surface area contributed by atoms with Crippen molar-refractivity contribution in [2.45, 2.75) is 6.17 Å². The van der Waals surface area contributed by atoms with Crippen molar-refractivity contribution in [2.75, 3.05) is 6.54 Å². The summed E-state index contributed by atoms with van der Waals surface area (Å²) in [5.41, 5.74) is 10.3. The molecule has 2 aliphatic heterocycles. The summed E-state index contributed by atoms with van der Waals surface area (Å²) in [5.74, 6) is 0. The Morgan fingerprint density at radius 2 is 1.14 bits per heavy atom. The third kappa shape index (κ3) is 3.99. The molecule has 0 N–H and O–H groups in total. The van der Waals surface area contributed by atoms with Crippen LogP contribution in [0.25, 0.3) is 60.7 Å². The van der Waals surface area contributed by atoms with Crippen molar-refractivity contribution < 1.29 is 0 Å². The van der Waals surface area contributed by atoms with E-state index in [0.29, 0.717) is 0 Å². The Kier molecular flexibility index (Phi) is 5.60. The van der Waals surface area contributed by atoms with Gasteiger partial charge in [-0.25, -0.2) is 4.98 Å². The molecule has 2 aromatic heterocycles. The normalized spacial score (nSPS) is 15.8. The molecule has 0 spiro atoms. The van der Waals surface area contributed by atoms with Gasteiger partial charge in [0, 0.05) is 24.2 Å². The second-order valence-electron chi connectivity index (χ2n) is 11.5. The molecule has 0 aliphatic carbocycles. The van der Waals surface area contributed by atoms with E-state index in [2.05, 4.69) is 137 Å². The number of allylic oxidation sites excluding steroid dienone is 2. The molecule has 1 unspecified atom stereocenters. The second-order valence-corrected chi connectivity index (χ2v) is 11.5.